The van der Waals surface area contributed by atoms with Crippen molar-refractivity contribution in [2.24, 2.45) is 10.4 Å². The van der Waals surface area contributed by atoms with Gasteiger partial charge in [0.05, 0.1) is 0 Å². The molecule has 0 atom stereocenters. The van der Waals surface area contributed by atoms with Gasteiger partial charge in [0.1, 0.15) is 24.6 Å². The minimum atomic E-state index is -0.00113. The second-order valence-corrected chi connectivity index (χ2v) is 1.94. The zero-order valence-electron chi connectivity index (χ0n) is 5.69. The molecule has 0 bridgehead atoms. The first-order valence-electron chi connectivity index (χ1n) is 3.02. The van der Waals surface area contributed by atoms with Gasteiger partial charge >= 0.3 is 0 Å². The zero-order valence-corrected chi connectivity index (χ0v) is 5.69. The summed E-state index contributed by atoms with van der Waals surface area (Å²) in [5.74, 6) is 0.914. The Kier molecular flexibility index (Phi) is 2.48. The number of rotatable bonds is 4. The largest absolute Gasteiger partial charge is 0.462 e. The minimum absolute atomic E-state index is 0.00113. The van der Waals surface area contributed by atoms with Gasteiger partial charge in [-0.2, -0.15) is 9.81 Å². The molecule has 0 spiro atoms. The van der Waals surface area contributed by atoms with Crippen molar-refractivity contribution in [1.29, 1.82) is 0 Å². The van der Waals surface area contributed by atoms with E-state index in [0.717, 1.165) is 0 Å². The lowest BCUT2D eigenvalue weighted by Crippen LogP contribution is -1.74. The normalized spacial score (nSPS) is 9.45. The van der Waals surface area contributed by atoms with E-state index in [1.807, 2.05) is 0 Å². The van der Waals surface area contributed by atoms with E-state index in [-0.39, 0.29) is 13.1 Å². The third kappa shape index (κ3) is 1.96. The van der Waals surface area contributed by atoms with E-state index in [4.69, 9.17) is 4.42 Å². The van der Waals surface area contributed by atoms with E-state index in [0.29, 0.717) is 11.5 Å². The predicted molar refractivity (Wildman–Crippen MR) is 37.7 cm³/mol. The highest BCUT2D eigenvalue weighted by Crippen LogP contribution is 2.09. The lowest BCUT2D eigenvalue weighted by Gasteiger charge is -1.85. The van der Waals surface area contributed by atoms with Crippen LogP contribution in [0.2, 0.25) is 0 Å². The average molecular weight is 154 g/mol. The molecule has 0 aliphatic rings. The van der Waals surface area contributed by atoms with Crippen LogP contribution in [-0.4, -0.2) is 0 Å². The maximum absolute atomic E-state index is 9.75. The topological polar surface area (TPSA) is 72.0 Å². The van der Waals surface area contributed by atoms with Gasteiger partial charge in [-0.3, -0.25) is 0 Å². The van der Waals surface area contributed by atoms with Crippen molar-refractivity contribution in [3.05, 3.63) is 33.5 Å². The van der Waals surface area contributed by atoms with Crippen LogP contribution in [0.4, 0.5) is 0 Å². The highest BCUT2D eigenvalue weighted by atomic mass is 16.3. The summed E-state index contributed by atoms with van der Waals surface area (Å²) in [6, 6.07) is 3.20. The molecule has 1 aromatic heterocycles. The van der Waals surface area contributed by atoms with Crippen molar-refractivity contribution in [3.63, 3.8) is 0 Å². The molecule has 1 aromatic rings. The number of nitroso groups, excluding NO2 is 2. The van der Waals surface area contributed by atoms with Gasteiger partial charge in [-0.05, 0) is 12.1 Å². The molecule has 1 rings (SSSR count). The molecule has 0 fully saturated rings. The molecule has 0 unspecified atom stereocenters. The van der Waals surface area contributed by atoms with Crippen LogP contribution in [0.5, 0.6) is 0 Å². The van der Waals surface area contributed by atoms with Crippen molar-refractivity contribution in [2.45, 2.75) is 13.1 Å². The lowest BCUT2D eigenvalue weighted by molar-refractivity contribution is 0.468. The van der Waals surface area contributed by atoms with Crippen molar-refractivity contribution < 1.29 is 4.42 Å². The molecule has 5 heteroatoms. The monoisotopic (exact) mass is 154 g/mol. The Morgan fingerprint density at radius 3 is 1.91 bits per heavy atom. The molecule has 0 aliphatic carbocycles. The summed E-state index contributed by atoms with van der Waals surface area (Å²) in [6.45, 7) is -0.00227. The van der Waals surface area contributed by atoms with E-state index < -0.39 is 0 Å². The average Bonchev–Trinajstić information content (AvgIpc) is 2.38. The number of nitrogens with zero attached hydrogens (tertiary/aromatic N) is 2. The summed E-state index contributed by atoms with van der Waals surface area (Å²) >= 11 is 0. The van der Waals surface area contributed by atoms with Crippen LogP contribution < -0.4 is 0 Å². The SMILES string of the molecule is O=NCc1ccc(CN=O)o1. The van der Waals surface area contributed by atoms with E-state index in [9.17, 15) is 9.81 Å². The summed E-state index contributed by atoms with van der Waals surface area (Å²) in [5.41, 5.74) is 0. The van der Waals surface area contributed by atoms with Crippen LogP contribution in [0.25, 0.3) is 0 Å². The Balaban J connectivity index is 2.64. The second-order valence-electron chi connectivity index (χ2n) is 1.94. The summed E-state index contributed by atoms with van der Waals surface area (Å²) in [7, 11) is 0. The Morgan fingerprint density at radius 2 is 1.55 bits per heavy atom. The molecule has 0 aromatic carbocycles. The van der Waals surface area contributed by atoms with Gasteiger partial charge in [0.2, 0.25) is 0 Å². The van der Waals surface area contributed by atoms with Crippen molar-refractivity contribution in [3.8, 4) is 0 Å². The predicted octanol–water partition coefficient (Wildman–Crippen LogP) is 1.81. The third-order valence-corrected chi connectivity index (χ3v) is 1.16. The van der Waals surface area contributed by atoms with Crippen molar-refractivity contribution in [2.75, 3.05) is 0 Å². The van der Waals surface area contributed by atoms with Crippen molar-refractivity contribution >= 4 is 0 Å². The van der Waals surface area contributed by atoms with Gasteiger partial charge < -0.3 is 4.42 Å². The highest BCUT2D eigenvalue weighted by Gasteiger charge is 2.00. The van der Waals surface area contributed by atoms with Gasteiger partial charge in [-0.1, -0.05) is 10.4 Å². The van der Waals surface area contributed by atoms with E-state index in [1.165, 1.54) is 0 Å². The van der Waals surface area contributed by atoms with Gasteiger partial charge in [0.25, 0.3) is 0 Å². The first-order chi connectivity index (χ1) is 5.36. The Hall–Kier alpha value is -1.52. The van der Waals surface area contributed by atoms with Gasteiger partial charge in [-0.25, -0.2) is 0 Å². The first kappa shape index (κ1) is 7.59. The third-order valence-electron chi connectivity index (χ3n) is 1.16. The molecule has 5 nitrogen and oxygen atoms in total. The first-order valence-corrected chi connectivity index (χ1v) is 3.02. The molecule has 11 heavy (non-hydrogen) atoms. The molecule has 0 saturated heterocycles. The minimum Gasteiger partial charge on any atom is -0.462 e. The molecule has 0 amide bonds. The maximum atomic E-state index is 9.75. The van der Waals surface area contributed by atoms with Crippen LogP contribution in [-0.2, 0) is 13.1 Å². The fourth-order valence-electron chi connectivity index (χ4n) is 0.720. The van der Waals surface area contributed by atoms with E-state index in [1.54, 1.807) is 12.1 Å². The van der Waals surface area contributed by atoms with Crippen LogP contribution in [0.1, 0.15) is 11.5 Å². The summed E-state index contributed by atoms with van der Waals surface area (Å²) < 4.78 is 4.98. The number of furan rings is 1. The van der Waals surface area contributed by atoms with Gasteiger partial charge in [0.15, 0.2) is 0 Å². The number of hydrogen-bond acceptors (Lipinski definition) is 5. The molecule has 1 heterocycles. The van der Waals surface area contributed by atoms with Gasteiger partial charge in [-0.15, -0.1) is 0 Å². The van der Waals surface area contributed by atoms with Gasteiger partial charge in [0, 0.05) is 0 Å². The van der Waals surface area contributed by atoms with Crippen molar-refractivity contribution in [1.82, 2.24) is 0 Å². The van der Waals surface area contributed by atoms with Crippen LogP contribution >= 0.6 is 0 Å². The Bertz CT molecular complexity index is 232. The highest BCUT2D eigenvalue weighted by molar-refractivity contribution is 5.06. The fourth-order valence-corrected chi connectivity index (χ4v) is 0.720. The van der Waals surface area contributed by atoms with E-state index >= 15 is 0 Å². The smallest absolute Gasteiger partial charge is 0.139 e. The quantitative estimate of drug-likeness (QED) is 0.620. The number of hydrogen-bond donors (Lipinski definition) is 0. The summed E-state index contributed by atoms with van der Waals surface area (Å²) in [6.07, 6.45) is 0. The van der Waals surface area contributed by atoms with Crippen LogP contribution in [0.3, 0.4) is 0 Å². The van der Waals surface area contributed by atoms with Crippen LogP contribution in [0, 0.1) is 9.81 Å². The molecule has 0 aliphatic heterocycles. The fraction of sp³-hybridized carbons (Fsp3) is 0.333. The lowest BCUT2D eigenvalue weighted by atomic mass is 10.4. The molecule has 0 N–H and O–H groups in total. The summed E-state index contributed by atoms with van der Waals surface area (Å²) in [5, 5.41) is 5.25. The maximum Gasteiger partial charge on any atom is 0.139 e. The standard InChI is InChI=1S/C6H6N2O3/c9-7-3-5-1-2-6(11-5)4-8-10/h1-2H,3-4H2. The molecule has 58 valence electrons. The Morgan fingerprint density at radius 1 is 1.09 bits per heavy atom. The molecular formula is C6H6N2O3. The molecule has 0 saturated carbocycles. The molecule has 0 radical (unpaired) electrons. The molecular weight excluding hydrogens is 148 g/mol. The summed E-state index contributed by atoms with van der Waals surface area (Å²) in [4.78, 5) is 19.5. The van der Waals surface area contributed by atoms with E-state index in [2.05, 4.69) is 10.4 Å². The van der Waals surface area contributed by atoms with Crippen LogP contribution in [0.15, 0.2) is 26.9 Å². The second kappa shape index (κ2) is 3.60. The Labute approximate surface area is 62.3 Å². The zero-order chi connectivity index (χ0) is 8.10.